The second-order valence-corrected chi connectivity index (χ2v) is 21.2. The standard InChI is InChI=1S/C72H55N3/c1-3-52-54(51-38-40-55-50(42-51)36-35-46-18-7-9-23-53(46)55)39-34-45(2)70(48-20-5-4-6-21-48)73-71(52)61-29-16-28-58-57(61)27-17-33-66(58)74-65-30-13-12-26-60(65)64-44-63-49(43-69(64)74)22-15-32-68(63)75-67-31-14-11-25-59(67)62-41-37-47-19-8-10-24-56(47)72(62)75/h4-33,35-38,40-45,52,54,70H,3,34,39H2,1-2H3/b73-71+. The number of aromatic nitrogens is 2. The van der Waals surface area contributed by atoms with Gasteiger partial charge in [0.2, 0.25) is 0 Å². The molecule has 1 aliphatic heterocycles. The van der Waals surface area contributed by atoms with Crippen LogP contribution in [0.2, 0.25) is 0 Å². The molecule has 4 atom stereocenters. The zero-order chi connectivity index (χ0) is 49.7. The van der Waals surface area contributed by atoms with Crippen LogP contribution in [0.4, 0.5) is 0 Å². The molecule has 15 rings (SSSR count). The van der Waals surface area contributed by atoms with Crippen LogP contribution in [0.15, 0.2) is 242 Å². The summed E-state index contributed by atoms with van der Waals surface area (Å²) in [7, 11) is 0. The summed E-state index contributed by atoms with van der Waals surface area (Å²) < 4.78 is 5.05. The van der Waals surface area contributed by atoms with E-state index in [9.17, 15) is 0 Å². The lowest BCUT2D eigenvalue weighted by Gasteiger charge is -2.35. The largest absolute Gasteiger partial charge is 0.309 e. The highest BCUT2D eigenvalue weighted by Gasteiger charge is 2.34. The fourth-order valence-electron chi connectivity index (χ4n) is 13.7. The molecule has 0 amide bonds. The molecular weight excluding hydrogens is 907 g/mol. The summed E-state index contributed by atoms with van der Waals surface area (Å²) in [6.45, 7) is 4.81. The third kappa shape index (κ3) is 6.84. The first kappa shape index (κ1) is 43.8. The van der Waals surface area contributed by atoms with E-state index in [1.54, 1.807) is 0 Å². The van der Waals surface area contributed by atoms with Crippen LogP contribution in [0, 0.1) is 11.8 Å². The SMILES string of the molecule is CCC1/C(c2cccc3c(-n4c5ccccc5c5cc6c(-n7c8ccccc8c8ccc9ccccc9c87)cccc6cc54)cccc23)=N\C(c2ccccc2)C(C)CCC1c1ccc2c(ccc3ccccc32)c1. The number of rotatable bonds is 6. The summed E-state index contributed by atoms with van der Waals surface area (Å²) in [5, 5.41) is 17.7. The Bertz CT molecular complexity index is 4630. The van der Waals surface area contributed by atoms with Crippen molar-refractivity contribution in [3.05, 3.63) is 253 Å². The first-order chi connectivity index (χ1) is 37.1. The smallest absolute Gasteiger partial charge is 0.0778 e. The lowest BCUT2D eigenvalue weighted by Crippen LogP contribution is -2.28. The molecule has 2 aromatic heterocycles. The number of para-hydroxylation sites is 2. The summed E-state index contributed by atoms with van der Waals surface area (Å²) in [6, 6.07) is 88.8. The van der Waals surface area contributed by atoms with Crippen molar-refractivity contribution in [2.45, 2.75) is 45.1 Å². The lowest BCUT2D eigenvalue weighted by molar-refractivity contribution is 0.362. The second kappa shape index (κ2) is 17.4. The number of aliphatic imine (C=N–C) groups is 1. The minimum absolute atomic E-state index is 0.0503. The molecule has 0 saturated carbocycles. The fourth-order valence-corrected chi connectivity index (χ4v) is 13.7. The monoisotopic (exact) mass is 961 g/mol. The Labute approximate surface area is 436 Å². The van der Waals surface area contributed by atoms with E-state index in [1.807, 2.05) is 0 Å². The van der Waals surface area contributed by atoms with Crippen molar-refractivity contribution in [2.24, 2.45) is 16.8 Å². The molecule has 3 nitrogen and oxygen atoms in total. The van der Waals surface area contributed by atoms with Crippen LogP contribution in [-0.2, 0) is 0 Å². The number of benzene rings is 12. The molecule has 12 aromatic carbocycles. The Morgan fingerprint density at radius 1 is 0.387 bits per heavy atom. The highest BCUT2D eigenvalue weighted by molar-refractivity contribution is 6.21. The van der Waals surface area contributed by atoms with Gasteiger partial charge in [-0.1, -0.05) is 214 Å². The highest BCUT2D eigenvalue weighted by Crippen LogP contribution is 2.46. The van der Waals surface area contributed by atoms with Gasteiger partial charge in [0.25, 0.3) is 0 Å². The van der Waals surface area contributed by atoms with Crippen LogP contribution in [0.5, 0.6) is 0 Å². The van der Waals surface area contributed by atoms with E-state index in [0.717, 1.165) is 19.3 Å². The van der Waals surface area contributed by atoms with Gasteiger partial charge in [-0.15, -0.1) is 0 Å². The molecule has 0 saturated heterocycles. The quantitative estimate of drug-likeness (QED) is 0.148. The minimum atomic E-state index is 0.0503. The van der Waals surface area contributed by atoms with E-state index in [0.29, 0.717) is 11.8 Å². The summed E-state index contributed by atoms with van der Waals surface area (Å²) in [6.07, 6.45) is 3.19. The Balaban J connectivity index is 0.931. The van der Waals surface area contributed by atoms with Crippen LogP contribution in [0.3, 0.4) is 0 Å². The number of hydrogen-bond acceptors (Lipinski definition) is 1. The summed E-state index contributed by atoms with van der Waals surface area (Å²) in [5.74, 6) is 0.871. The van der Waals surface area contributed by atoms with Crippen molar-refractivity contribution >= 4 is 103 Å². The number of fused-ring (bicyclic) bond motifs is 13. The van der Waals surface area contributed by atoms with Gasteiger partial charge in [-0.05, 0) is 116 Å². The van der Waals surface area contributed by atoms with Crippen LogP contribution >= 0.6 is 0 Å². The molecule has 0 N–H and O–H groups in total. The predicted octanol–water partition coefficient (Wildman–Crippen LogP) is 19.4. The third-order valence-electron chi connectivity index (χ3n) is 17.2. The van der Waals surface area contributed by atoms with Gasteiger partial charge in [-0.2, -0.15) is 0 Å². The first-order valence-corrected chi connectivity index (χ1v) is 27.0. The molecule has 358 valence electrons. The molecule has 1 aliphatic rings. The van der Waals surface area contributed by atoms with Crippen LogP contribution in [0.1, 0.15) is 61.8 Å². The molecule has 0 spiro atoms. The summed E-state index contributed by atoms with van der Waals surface area (Å²) in [4.78, 5) is 6.06. The van der Waals surface area contributed by atoms with Gasteiger partial charge in [0.15, 0.2) is 0 Å². The topological polar surface area (TPSA) is 22.2 Å². The minimum Gasteiger partial charge on any atom is -0.309 e. The Kier molecular flexibility index (Phi) is 10.2. The average molecular weight is 962 g/mol. The number of nitrogens with zero attached hydrogens (tertiary/aromatic N) is 3. The molecule has 0 bridgehead atoms. The van der Waals surface area contributed by atoms with Crippen LogP contribution in [-0.4, -0.2) is 14.8 Å². The van der Waals surface area contributed by atoms with Crippen molar-refractivity contribution in [1.82, 2.24) is 9.13 Å². The molecule has 3 heterocycles. The number of hydrogen-bond donors (Lipinski definition) is 0. The maximum absolute atomic E-state index is 6.06. The van der Waals surface area contributed by atoms with E-state index in [-0.39, 0.29) is 12.0 Å². The predicted molar refractivity (Wildman–Crippen MR) is 320 cm³/mol. The van der Waals surface area contributed by atoms with Crippen molar-refractivity contribution in [3.63, 3.8) is 0 Å². The molecule has 75 heavy (non-hydrogen) atoms. The van der Waals surface area contributed by atoms with Gasteiger partial charge in [-0.25, -0.2) is 0 Å². The molecule has 0 fully saturated rings. The zero-order valence-electron chi connectivity index (χ0n) is 42.3. The fraction of sp³-hybridized carbons (Fsp3) is 0.125. The van der Waals surface area contributed by atoms with Crippen molar-refractivity contribution in [2.75, 3.05) is 0 Å². The van der Waals surface area contributed by atoms with E-state index in [2.05, 4.69) is 260 Å². The maximum atomic E-state index is 6.06. The average Bonchev–Trinajstić information content (AvgIpc) is 3.99. The molecule has 3 heteroatoms. The molecule has 4 unspecified atom stereocenters. The normalized spacial score (nSPS) is 18.2. The van der Waals surface area contributed by atoms with E-state index < -0.39 is 0 Å². The zero-order valence-corrected chi connectivity index (χ0v) is 42.3. The van der Waals surface area contributed by atoms with E-state index in [4.69, 9.17) is 4.99 Å². The van der Waals surface area contributed by atoms with Gasteiger partial charge in [0.05, 0.1) is 39.5 Å². The van der Waals surface area contributed by atoms with Crippen molar-refractivity contribution in [1.29, 1.82) is 0 Å². The van der Waals surface area contributed by atoms with Crippen molar-refractivity contribution < 1.29 is 0 Å². The van der Waals surface area contributed by atoms with E-state index in [1.165, 1.54) is 131 Å². The van der Waals surface area contributed by atoms with Gasteiger partial charge in [0, 0.05) is 54.9 Å². The Hall–Kier alpha value is -8.79. The second-order valence-electron chi connectivity index (χ2n) is 21.2. The maximum Gasteiger partial charge on any atom is 0.0778 e. The van der Waals surface area contributed by atoms with Crippen LogP contribution < -0.4 is 0 Å². The van der Waals surface area contributed by atoms with Gasteiger partial charge in [0.1, 0.15) is 0 Å². The lowest BCUT2D eigenvalue weighted by atomic mass is 9.72. The van der Waals surface area contributed by atoms with E-state index >= 15 is 0 Å². The third-order valence-corrected chi connectivity index (χ3v) is 17.2. The van der Waals surface area contributed by atoms with Gasteiger partial charge >= 0.3 is 0 Å². The van der Waals surface area contributed by atoms with Crippen molar-refractivity contribution in [3.8, 4) is 11.4 Å². The highest BCUT2D eigenvalue weighted by atomic mass is 15.0. The molecule has 14 aromatic rings. The molecule has 0 aliphatic carbocycles. The Morgan fingerprint density at radius 2 is 0.960 bits per heavy atom. The van der Waals surface area contributed by atoms with Crippen LogP contribution in [0.25, 0.3) is 109 Å². The van der Waals surface area contributed by atoms with Gasteiger partial charge in [-0.3, -0.25) is 4.99 Å². The molecule has 0 radical (unpaired) electrons. The Morgan fingerprint density at radius 3 is 1.77 bits per heavy atom. The van der Waals surface area contributed by atoms with Gasteiger partial charge < -0.3 is 9.13 Å². The summed E-state index contributed by atoms with van der Waals surface area (Å²) >= 11 is 0. The molecular formula is C72H55N3. The summed E-state index contributed by atoms with van der Waals surface area (Å²) in [5.41, 5.74) is 12.4. The first-order valence-electron chi connectivity index (χ1n) is 27.0.